The van der Waals surface area contributed by atoms with Crippen molar-refractivity contribution in [1.29, 1.82) is 0 Å². The molecular weight excluding hydrogens is 313 g/mol. The molecule has 1 N–H and O–H groups in total. The molecule has 1 fully saturated rings. The number of benzene rings is 1. The summed E-state index contributed by atoms with van der Waals surface area (Å²) >= 11 is 0. The van der Waals surface area contributed by atoms with Gasteiger partial charge in [-0.05, 0) is 24.3 Å². The summed E-state index contributed by atoms with van der Waals surface area (Å²) in [6.07, 6.45) is -3.63. The Morgan fingerprint density at radius 3 is 2.43 bits per heavy atom. The van der Waals surface area contributed by atoms with E-state index in [0.717, 1.165) is 0 Å². The molecule has 1 saturated carbocycles. The van der Waals surface area contributed by atoms with Gasteiger partial charge in [-0.15, -0.1) is 0 Å². The highest BCUT2D eigenvalue weighted by atomic mass is 19.4. The maximum atomic E-state index is 12.4. The minimum absolute atomic E-state index is 0.199. The highest BCUT2D eigenvalue weighted by Gasteiger charge is 2.58. The van der Waals surface area contributed by atoms with Crippen molar-refractivity contribution in [2.45, 2.75) is 24.6 Å². The minimum atomic E-state index is -4.70. The van der Waals surface area contributed by atoms with Crippen molar-refractivity contribution in [2.24, 2.45) is 0 Å². The summed E-state index contributed by atoms with van der Waals surface area (Å²) < 4.78 is 41.4. The molecule has 118 valence electrons. The molecule has 0 radical (unpaired) electrons. The molecule has 1 aromatic heterocycles. The molecule has 1 aromatic carbocycles. The highest BCUT2D eigenvalue weighted by molar-refractivity contribution is 6.01. The van der Waals surface area contributed by atoms with Gasteiger partial charge in [0.25, 0.3) is 0 Å². The number of carbonyl (C=O) groups excluding carboxylic acids is 1. The Morgan fingerprint density at radius 1 is 1.30 bits per heavy atom. The zero-order valence-electron chi connectivity index (χ0n) is 11.5. The van der Waals surface area contributed by atoms with E-state index in [1.54, 1.807) is 0 Å². The number of hydrogen-bond donors (Lipinski definition) is 1. The van der Waals surface area contributed by atoms with Crippen molar-refractivity contribution in [3.05, 3.63) is 41.6 Å². The Hall–Kier alpha value is -2.89. The van der Waals surface area contributed by atoms with Crippen molar-refractivity contribution < 1.29 is 22.5 Å². The van der Waals surface area contributed by atoms with Crippen LogP contribution in [0.5, 0.6) is 0 Å². The van der Waals surface area contributed by atoms with Gasteiger partial charge in [0.1, 0.15) is 0 Å². The van der Waals surface area contributed by atoms with Gasteiger partial charge in [-0.2, -0.15) is 18.2 Å². The van der Waals surface area contributed by atoms with Gasteiger partial charge in [0, 0.05) is 24.1 Å². The van der Waals surface area contributed by atoms with Crippen LogP contribution in [0.3, 0.4) is 0 Å². The van der Waals surface area contributed by atoms with E-state index in [-0.39, 0.29) is 11.7 Å². The number of aromatic nitrogens is 2. The molecule has 1 aliphatic carbocycles. The Morgan fingerprint density at radius 2 is 1.96 bits per heavy atom. The lowest BCUT2D eigenvalue weighted by atomic mass is 10.2. The third-order valence-electron chi connectivity index (χ3n) is 3.43. The van der Waals surface area contributed by atoms with E-state index in [9.17, 15) is 18.0 Å². The zero-order valence-corrected chi connectivity index (χ0v) is 11.5. The molecule has 1 heterocycles. The average Bonchev–Trinajstić information content (AvgIpc) is 3.15. The van der Waals surface area contributed by atoms with Crippen LogP contribution in [0.15, 0.2) is 28.8 Å². The van der Waals surface area contributed by atoms with Crippen LogP contribution in [0.1, 0.15) is 18.7 Å². The predicted octanol–water partition coefficient (Wildman–Crippen LogP) is 3.15. The van der Waals surface area contributed by atoms with Gasteiger partial charge in [-0.1, -0.05) is 5.16 Å². The Balaban J connectivity index is 1.74. The summed E-state index contributed by atoms with van der Waals surface area (Å²) in [6.45, 7) is 7.01. The maximum Gasteiger partial charge on any atom is 0.471 e. The lowest BCUT2D eigenvalue weighted by molar-refractivity contribution is -0.159. The van der Waals surface area contributed by atoms with Crippen LogP contribution in [0, 0.1) is 6.57 Å². The molecule has 6 nitrogen and oxygen atoms in total. The summed E-state index contributed by atoms with van der Waals surface area (Å²) in [4.78, 5) is 18.5. The number of carbonyl (C=O) groups is 1. The predicted molar refractivity (Wildman–Crippen MR) is 71.9 cm³/mol. The first-order chi connectivity index (χ1) is 10.8. The second-order valence-corrected chi connectivity index (χ2v) is 5.10. The van der Waals surface area contributed by atoms with E-state index in [2.05, 4.69) is 24.8 Å². The van der Waals surface area contributed by atoms with Crippen LogP contribution < -0.4 is 5.32 Å². The number of rotatable bonds is 3. The lowest BCUT2D eigenvalue weighted by Gasteiger charge is -2.06. The Kier molecular flexibility index (Phi) is 3.32. The van der Waals surface area contributed by atoms with Gasteiger partial charge in [-0.25, -0.2) is 6.57 Å². The second kappa shape index (κ2) is 5.08. The van der Waals surface area contributed by atoms with E-state index >= 15 is 0 Å². The van der Waals surface area contributed by atoms with Crippen LogP contribution in [-0.2, 0) is 11.0 Å². The molecule has 0 bridgehead atoms. The first kappa shape index (κ1) is 15.0. The van der Waals surface area contributed by atoms with Gasteiger partial charge >= 0.3 is 23.5 Å². The van der Waals surface area contributed by atoms with Crippen molar-refractivity contribution in [3.8, 4) is 11.4 Å². The van der Waals surface area contributed by atoms with Crippen molar-refractivity contribution in [2.75, 3.05) is 5.32 Å². The van der Waals surface area contributed by atoms with Gasteiger partial charge in [0.05, 0.1) is 0 Å². The summed E-state index contributed by atoms with van der Waals surface area (Å²) in [7, 11) is 0. The molecule has 0 unspecified atom stereocenters. The number of alkyl halides is 3. The van der Waals surface area contributed by atoms with Crippen LogP contribution in [-0.4, -0.2) is 21.6 Å². The molecule has 0 aliphatic heterocycles. The highest BCUT2D eigenvalue weighted by Crippen LogP contribution is 2.40. The van der Waals surface area contributed by atoms with Gasteiger partial charge in [0.15, 0.2) is 0 Å². The summed E-state index contributed by atoms with van der Waals surface area (Å²) in [5, 5.41) is 5.88. The third-order valence-corrected chi connectivity index (χ3v) is 3.43. The zero-order chi connectivity index (χ0) is 16.7. The monoisotopic (exact) mass is 322 g/mol. The van der Waals surface area contributed by atoms with E-state index in [0.29, 0.717) is 24.1 Å². The number of hydrogen-bond acceptors (Lipinski definition) is 4. The maximum absolute atomic E-state index is 12.4. The fourth-order valence-electron chi connectivity index (χ4n) is 1.91. The van der Waals surface area contributed by atoms with E-state index in [4.69, 9.17) is 6.57 Å². The van der Waals surface area contributed by atoms with Gasteiger partial charge in [0.2, 0.25) is 5.82 Å². The molecular formula is C14H9F3N4O2. The second-order valence-electron chi connectivity index (χ2n) is 5.10. The molecule has 2 aromatic rings. The van der Waals surface area contributed by atoms with E-state index < -0.39 is 17.6 Å². The average molecular weight is 322 g/mol. The molecule has 23 heavy (non-hydrogen) atoms. The summed E-state index contributed by atoms with van der Waals surface area (Å²) in [5.41, 5.74) is -0.213. The minimum Gasteiger partial charge on any atom is -0.329 e. The van der Waals surface area contributed by atoms with Crippen molar-refractivity contribution >= 4 is 11.6 Å². The first-order valence-electron chi connectivity index (χ1n) is 6.55. The summed E-state index contributed by atoms with van der Waals surface area (Å²) in [5.74, 6) is -1.99. The van der Waals surface area contributed by atoms with Crippen LogP contribution >= 0.6 is 0 Å². The third kappa shape index (κ3) is 2.88. The van der Waals surface area contributed by atoms with Crippen molar-refractivity contribution in [3.63, 3.8) is 0 Å². The number of nitrogens with one attached hydrogen (secondary N) is 1. The molecule has 0 atom stereocenters. The SMILES string of the molecule is [C-]#[N+]C1(C(=O)Nc2ccc(-c3noc(C(F)(F)F)n3)cc2)CC1. The largest absolute Gasteiger partial charge is 0.471 e. The van der Waals surface area contributed by atoms with Gasteiger partial charge < -0.3 is 9.84 Å². The molecule has 1 aliphatic rings. The van der Waals surface area contributed by atoms with Crippen LogP contribution in [0.2, 0.25) is 0 Å². The smallest absolute Gasteiger partial charge is 0.329 e. The normalized spacial score (nSPS) is 15.7. The lowest BCUT2D eigenvalue weighted by Crippen LogP contribution is -2.26. The summed E-state index contributed by atoms with van der Waals surface area (Å²) in [6, 6.07) is 5.91. The number of amides is 1. The molecule has 3 rings (SSSR count). The molecule has 9 heteroatoms. The fraction of sp³-hybridized carbons (Fsp3) is 0.286. The van der Waals surface area contributed by atoms with Crippen LogP contribution in [0.25, 0.3) is 16.2 Å². The van der Waals surface area contributed by atoms with E-state index in [1.165, 1.54) is 24.3 Å². The Labute approximate surface area is 128 Å². The standard InChI is InChI=1S/C14H9F3N4O2/c1-18-13(6-7-13)11(22)19-9-4-2-8(3-5-9)10-20-12(23-21-10)14(15,16)17/h2-5H,6-7H2,(H,19,22). The molecule has 1 amide bonds. The topological polar surface area (TPSA) is 72.4 Å². The first-order valence-corrected chi connectivity index (χ1v) is 6.55. The van der Waals surface area contributed by atoms with Gasteiger partial charge in [-0.3, -0.25) is 9.64 Å². The molecule has 0 spiro atoms. The van der Waals surface area contributed by atoms with Crippen LogP contribution in [0.4, 0.5) is 18.9 Å². The number of nitrogens with zero attached hydrogens (tertiary/aromatic N) is 3. The quantitative estimate of drug-likeness (QED) is 0.881. The van der Waals surface area contributed by atoms with Crippen molar-refractivity contribution in [1.82, 2.24) is 10.1 Å². The fourth-order valence-corrected chi connectivity index (χ4v) is 1.91. The Bertz CT molecular complexity index is 786. The number of halogens is 3. The molecule has 0 saturated heterocycles. The van der Waals surface area contributed by atoms with E-state index in [1.807, 2.05) is 0 Å². The number of anilines is 1.